The maximum atomic E-state index is 10.7. The van der Waals surface area contributed by atoms with Gasteiger partial charge in [0, 0.05) is 23.7 Å². The molecule has 3 nitrogen and oxygen atoms in total. The van der Waals surface area contributed by atoms with Crippen molar-refractivity contribution in [1.82, 2.24) is 5.32 Å². The third kappa shape index (κ3) is 4.85. The van der Waals surface area contributed by atoms with E-state index in [0.717, 1.165) is 17.3 Å². The van der Waals surface area contributed by atoms with Gasteiger partial charge in [0.1, 0.15) is 0 Å². The summed E-state index contributed by atoms with van der Waals surface area (Å²) in [7, 11) is 1.35. The first-order valence-corrected chi connectivity index (χ1v) is 5.64. The zero-order chi connectivity index (χ0) is 11.1. The monoisotopic (exact) mass is 245 g/mol. The fraction of sp³-hybridized carbons (Fsp3) is 0.300. The van der Waals surface area contributed by atoms with Crippen molar-refractivity contribution in [1.29, 1.82) is 0 Å². The molecule has 82 valence electrons. The van der Waals surface area contributed by atoms with E-state index in [1.807, 2.05) is 12.1 Å². The van der Waals surface area contributed by atoms with E-state index in [-0.39, 0.29) is 5.97 Å². The Labute approximate surface area is 97.7 Å². The molecule has 1 aromatic rings. The first-order valence-electron chi connectivity index (χ1n) is 4.44. The Kier molecular flexibility index (Phi) is 5.21. The highest BCUT2D eigenvalue weighted by molar-refractivity contribution is 7.16. The molecule has 0 fully saturated rings. The minimum absolute atomic E-state index is 0.360. The predicted molar refractivity (Wildman–Crippen MR) is 62.2 cm³/mol. The molecule has 0 aliphatic carbocycles. The standard InChI is InChI=1S/C10H12ClNO2S/c1-14-10(13)5-7-12-6-4-8-2-3-9(11)15-8/h2-3,5,7,12H,4,6H2,1H3/b7-5+. The van der Waals surface area contributed by atoms with E-state index in [4.69, 9.17) is 11.6 Å². The van der Waals surface area contributed by atoms with Crippen LogP contribution in [-0.2, 0) is 16.0 Å². The van der Waals surface area contributed by atoms with Crippen LogP contribution >= 0.6 is 22.9 Å². The molecule has 0 atom stereocenters. The van der Waals surface area contributed by atoms with Crippen LogP contribution in [0.5, 0.6) is 0 Å². The van der Waals surface area contributed by atoms with Crippen LogP contribution in [0, 0.1) is 0 Å². The molecule has 0 saturated carbocycles. The average Bonchev–Trinajstić information content (AvgIpc) is 2.63. The highest BCUT2D eigenvalue weighted by Gasteiger charge is 1.96. The van der Waals surface area contributed by atoms with Crippen LogP contribution in [0.1, 0.15) is 4.88 Å². The van der Waals surface area contributed by atoms with Gasteiger partial charge in [0.2, 0.25) is 0 Å². The lowest BCUT2D eigenvalue weighted by atomic mass is 10.3. The molecular formula is C10H12ClNO2S. The number of esters is 1. The van der Waals surface area contributed by atoms with Gasteiger partial charge in [0.15, 0.2) is 0 Å². The van der Waals surface area contributed by atoms with Gasteiger partial charge in [-0.2, -0.15) is 0 Å². The summed E-state index contributed by atoms with van der Waals surface area (Å²) < 4.78 is 5.24. The van der Waals surface area contributed by atoms with Gasteiger partial charge < -0.3 is 10.1 Å². The van der Waals surface area contributed by atoms with Crippen molar-refractivity contribution >= 4 is 28.9 Å². The zero-order valence-electron chi connectivity index (χ0n) is 8.33. The molecule has 15 heavy (non-hydrogen) atoms. The van der Waals surface area contributed by atoms with Crippen molar-refractivity contribution in [3.63, 3.8) is 0 Å². The topological polar surface area (TPSA) is 38.3 Å². The van der Waals surface area contributed by atoms with Gasteiger partial charge in [0.05, 0.1) is 11.4 Å². The highest BCUT2D eigenvalue weighted by atomic mass is 35.5. The third-order valence-corrected chi connectivity index (χ3v) is 2.97. The fourth-order valence-electron chi connectivity index (χ4n) is 0.960. The van der Waals surface area contributed by atoms with Crippen molar-refractivity contribution in [2.24, 2.45) is 0 Å². The Morgan fingerprint density at radius 3 is 3.07 bits per heavy atom. The fourth-order valence-corrected chi connectivity index (χ4v) is 2.05. The van der Waals surface area contributed by atoms with Gasteiger partial charge in [-0.25, -0.2) is 4.79 Å². The summed E-state index contributed by atoms with van der Waals surface area (Å²) in [6.07, 6.45) is 3.82. The number of nitrogens with one attached hydrogen (secondary N) is 1. The first-order chi connectivity index (χ1) is 7.22. The van der Waals surface area contributed by atoms with Gasteiger partial charge in [-0.15, -0.1) is 11.3 Å². The minimum atomic E-state index is -0.360. The SMILES string of the molecule is COC(=O)/C=C/NCCc1ccc(Cl)s1. The summed E-state index contributed by atoms with van der Waals surface area (Å²) in [5.74, 6) is -0.360. The molecule has 0 spiro atoms. The molecule has 1 N–H and O–H groups in total. The Balaban J connectivity index is 2.17. The Hall–Kier alpha value is -1.000. The van der Waals surface area contributed by atoms with Gasteiger partial charge in [-0.1, -0.05) is 11.6 Å². The van der Waals surface area contributed by atoms with E-state index < -0.39 is 0 Å². The van der Waals surface area contributed by atoms with Crippen molar-refractivity contribution in [2.75, 3.05) is 13.7 Å². The van der Waals surface area contributed by atoms with Crippen LogP contribution in [0.25, 0.3) is 0 Å². The van der Waals surface area contributed by atoms with Crippen LogP contribution in [0.3, 0.4) is 0 Å². The molecule has 1 heterocycles. The smallest absolute Gasteiger partial charge is 0.331 e. The Bertz CT molecular complexity index is 349. The second-order valence-electron chi connectivity index (χ2n) is 2.77. The molecule has 0 saturated heterocycles. The van der Waals surface area contributed by atoms with Crippen LogP contribution in [-0.4, -0.2) is 19.6 Å². The van der Waals surface area contributed by atoms with E-state index in [0.29, 0.717) is 0 Å². The molecule has 0 unspecified atom stereocenters. The van der Waals surface area contributed by atoms with Crippen LogP contribution in [0.4, 0.5) is 0 Å². The number of hydrogen-bond donors (Lipinski definition) is 1. The summed E-state index contributed by atoms with van der Waals surface area (Å²) in [4.78, 5) is 11.9. The number of halogens is 1. The summed E-state index contributed by atoms with van der Waals surface area (Å²) in [6.45, 7) is 0.768. The molecule has 5 heteroatoms. The zero-order valence-corrected chi connectivity index (χ0v) is 9.90. The summed E-state index contributed by atoms with van der Waals surface area (Å²) in [5.41, 5.74) is 0. The van der Waals surface area contributed by atoms with Gasteiger partial charge in [-0.3, -0.25) is 0 Å². The molecular weight excluding hydrogens is 234 g/mol. The number of rotatable bonds is 5. The Morgan fingerprint density at radius 1 is 1.67 bits per heavy atom. The lowest BCUT2D eigenvalue weighted by Gasteiger charge is -1.97. The van der Waals surface area contributed by atoms with Crippen molar-refractivity contribution in [3.8, 4) is 0 Å². The quantitative estimate of drug-likeness (QED) is 0.491. The summed E-state index contributed by atoms with van der Waals surface area (Å²) in [5, 5.41) is 2.99. The summed E-state index contributed by atoms with van der Waals surface area (Å²) in [6, 6.07) is 3.88. The lowest BCUT2D eigenvalue weighted by Crippen LogP contribution is -2.10. The van der Waals surface area contributed by atoms with Gasteiger partial charge in [0.25, 0.3) is 0 Å². The molecule has 1 aromatic heterocycles. The normalized spacial score (nSPS) is 10.5. The first kappa shape index (κ1) is 12.1. The van der Waals surface area contributed by atoms with E-state index >= 15 is 0 Å². The van der Waals surface area contributed by atoms with Crippen LogP contribution < -0.4 is 5.32 Å². The van der Waals surface area contributed by atoms with Crippen molar-refractivity contribution in [2.45, 2.75) is 6.42 Å². The van der Waals surface area contributed by atoms with E-state index in [9.17, 15) is 4.79 Å². The third-order valence-electron chi connectivity index (χ3n) is 1.68. The lowest BCUT2D eigenvalue weighted by molar-refractivity contribution is -0.134. The van der Waals surface area contributed by atoms with Crippen LogP contribution in [0.2, 0.25) is 4.34 Å². The number of methoxy groups -OCH3 is 1. The van der Waals surface area contributed by atoms with E-state index in [1.54, 1.807) is 17.5 Å². The Morgan fingerprint density at radius 2 is 2.47 bits per heavy atom. The highest BCUT2D eigenvalue weighted by Crippen LogP contribution is 2.21. The number of ether oxygens (including phenoxy) is 1. The van der Waals surface area contributed by atoms with Gasteiger partial charge >= 0.3 is 5.97 Å². The molecule has 0 aromatic carbocycles. The number of carbonyl (C=O) groups excluding carboxylic acids is 1. The van der Waals surface area contributed by atoms with Crippen molar-refractivity contribution in [3.05, 3.63) is 33.6 Å². The molecule has 0 radical (unpaired) electrons. The minimum Gasteiger partial charge on any atom is -0.466 e. The molecule has 0 aliphatic heterocycles. The average molecular weight is 246 g/mol. The number of hydrogen-bond acceptors (Lipinski definition) is 4. The van der Waals surface area contributed by atoms with E-state index in [2.05, 4.69) is 10.1 Å². The molecule has 0 aliphatic rings. The van der Waals surface area contributed by atoms with Gasteiger partial charge in [-0.05, 0) is 18.6 Å². The van der Waals surface area contributed by atoms with Crippen molar-refractivity contribution < 1.29 is 9.53 Å². The second-order valence-corrected chi connectivity index (χ2v) is 4.57. The molecule has 1 rings (SSSR count). The molecule has 0 amide bonds. The number of carbonyl (C=O) groups is 1. The predicted octanol–water partition coefficient (Wildman–Crippen LogP) is 2.22. The largest absolute Gasteiger partial charge is 0.466 e. The second kappa shape index (κ2) is 6.48. The van der Waals surface area contributed by atoms with Crippen LogP contribution in [0.15, 0.2) is 24.4 Å². The maximum Gasteiger partial charge on any atom is 0.331 e. The summed E-state index contributed by atoms with van der Waals surface area (Å²) >= 11 is 7.35. The van der Waals surface area contributed by atoms with E-state index in [1.165, 1.54) is 18.1 Å². The molecule has 0 bridgehead atoms. The number of thiophene rings is 1. The maximum absolute atomic E-state index is 10.7.